The molecule has 126 valence electrons. The van der Waals surface area contributed by atoms with Gasteiger partial charge in [-0.1, -0.05) is 6.07 Å². The highest BCUT2D eigenvalue weighted by Gasteiger charge is 2.47. The SMILES string of the molecule is O=C(c1ccsc1)N1CC[C@]2(C[C@H](OCc3ccccn3)CO2)C1. The summed E-state index contributed by atoms with van der Waals surface area (Å²) in [5, 5.41) is 3.84. The van der Waals surface area contributed by atoms with E-state index in [1.165, 1.54) is 0 Å². The summed E-state index contributed by atoms with van der Waals surface area (Å²) in [6.07, 6.45) is 3.57. The summed E-state index contributed by atoms with van der Waals surface area (Å²) in [6.45, 7) is 2.50. The van der Waals surface area contributed by atoms with E-state index >= 15 is 0 Å². The molecule has 2 aliphatic heterocycles. The van der Waals surface area contributed by atoms with E-state index in [9.17, 15) is 4.79 Å². The average molecular weight is 344 g/mol. The van der Waals surface area contributed by atoms with Crippen molar-refractivity contribution < 1.29 is 14.3 Å². The highest BCUT2D eigenvalue weighted by molar-refractivity contribution is 7.08. The number of hydrogen-bond acceptors (Lipinski definition) is 5. The van der Waals surface area contributed by atoms with Crippen LogP contribution in [0.4, 0.5) is 0 Å². The van der Waals surface area contributed by atoms with Gasteiger partial charge in [0.15, 0.2) is 0 Å². The first-order valence-electron chi connectivity index (χ1n) is 8.21. The number of ether oxygens (including phenoxy) is 2. The van der Waals surface area contributed by atoms with Gasteiger partial charge in [-0.05, 0) is 30.0 Å². The van der Waals surface area contributed by atoms with Crippen LogP contribution in [0, 0.1) is 0 Å². The van der Waals surface area contributed by atoms with Crippen molar-refractivity contribution in [3.05, 3.63) is 52.5 Å². The normalized spacial score (nSPS) is 26.3. The molecule has 4 heterocycles. The smallest absolute Gasteiger partial charge is 0.254 e. The van der Waals surface area contributed by atoms with E-state index in [2.05, 4.69) is 4.98 Å². The molecule has 0 unspecified atom stereocenters. The van der Waals surface area contributed by atoms with E-state index in [0.717, 1.165) is 30.6 Å². The highest BCUT2D eigenvalue weighted by Crippen LogP contribution is 2.37. The van der Waals surface area contributed by atoms with Crippen LogP contribution in [0.25, 0.3) is 0 Å². The Kier molecular flexibility index (Phi) is 4.35. The third-order valence-corrected chi connectivity index (χ3v) is 5.42. The number of likely N-dealkylation sites (tertiary alicyclic amines) is 1. The first-order valence-corrected chi connectivity index (χ1v) is 9.15. The number of carbonyl (C=O) groups is 1. The Morgan fingerprint density at radius 3 is 3.21 bits per heavy atom. The summed E-state index contributed by atoms with van der Waals surface area (Å²) in [4.78, 5) is 18.7. The molecule has 2 aliphatic rings. The number of nitrogens with zero attached hydrogens (tertiary/aromatic N) is 2. The van der Waals surface area contributed by atoms with Crippen LogP contribution < -0.4 is 0 Å². The van der Waals surface area contributed by atoms with Crippen molar-refractivity contribution in [2.75, 3.05) is 19.7 Å². The lowest BCUT2D eigenvalue weighted by Gasteiger charge is -2.23. The van der Waals surface area contributed by atoms with Crippen LogP contribution in [0.3, 0.4) is 0 Å². The lowest BCUT2D eigenvalue weighted by molar-refractivity contribution is -0.0000980. The molecule has 2 aromatic heterocycles. The number of rotatable bonds is 4. The van der Waals surface area contributed by atoms with Crippen molar-refractivity contribution in [1.29, 1.82) is 0 Å². The molecule has 1 amide bonds. The first kappa shape index (κ1) is 15.7. The lowest BCUT2D eigenvalue weighted by Crippen LogP contribution is -2.36. The Bertz CT molecular complexity index is 692. The summed E-state index contributed by atoms with van der Waals surface area (Å²) in [6, 6.07) is 7.70. The van der Waals surface area contributed by atoms with Gasteiger partial charge in [-0.15, -0.1) is 0 Å². The zero-order chi connectivity index (χ0) is 16.4. The van der Waals surface area contributed by atoms with Crippen molar-refractivity contribution in [2.45, 2.75) is 31.2 Å². The summed E-state index contributed by atoms with van der Waals surface area (Å²) in [5.41, 5.74) is 1.47. The van der Waals surface area contributed by atoms with Gasteiger partial charge in [0.25, 0.3) is 5.91 Å². The summed E-state index contributed by atoms with van der Waals surface area (Å²) >= 11 is 1.55. The molecule has 0 saturated carbocycles. The Labute approximate surface area is 145 Å². The Morgan fingerprint density at radius 1 is 1.46 bits per heavy atom. The topological polar surface area (TPSA) is 51.7 Å². The maximum atomic E-state index is 12.5. The zero-order valence-corrected chi connectivity index (χ0v) is 14.2. The van der Waals surface area contributed by atoms with Crippen LogP contribution >= 0.6 is 11.3 Å². The fraction of sp³-hybridized carbons (Fsp3) is 0.444. The van der Waals surface area contributed by atoms with Crippen molar-refractivity contribution in [1.82, 2.24) is 9.88 Å². The van der Waals surface area contributed by atoms with Crippen LogP contribution in [0.1, 0.15) is 28.9 Å². The van der Waals surface area contributed by atoms with Crippen LogP contribution in [-0.2, 0) is 16.1 Å². The minimum Gasteiger partial charge on any atom is -0.370 e. The number of thiophene rings is 1. The molecule has 2 fully saturated rings. The molecule has 0 radical (unpaired) electrons. The Morgan fingerprint density at radius 2 is 2.42 bits per heavy atom. The van der Waals surface area contributed by atoms with Crippen LogP contribution in [0.15, 0.2) is 41.2 Å². The van der Waals surface area contributed by atoms with E-state index in [1.54, 1.807) is 17.5 Å². The van der Waals surface area contributed by atoms with Crippen molar-refractivity contribution >= 4 is 17.2 Å². The lowest BCUT2D eigenvalue weighted by atomic mass is 9.98. The van der Waals surface area contributed by atoms with Crippen molar-refractivity contribution in [3.8, 4) is 0 Å². The molecule has 6 heteroatoms. The second-order valence-corrected chi connectivity index (χ2v) is 7.22. The maximum Gasteiger partial charge on any atom is 0.254 e. The Hall–Kier alpha value is -1.76. The summed E-state index contributed by atoms with van der Waals surface area (Å²) in [5.74, 6) is 0.106. The van der Waals surface area contributed by atoms with E-state index in [0.29, 0.717) is 19.8 Å². The van der Waals surface area contributed by atoms with Crippen molar-refractivity contribution in [2.24, 2.45) is 0 Å². The van der Waals surface area contributed by atoms with Crippen LogP contribution in [-0.4, -0.2) is 47.2 Å². The molecule has 24 heavy (non-hydrogen) atoms. The average Bonchev–Trinajstić information content (AvgIpc) is 3.36. The number of hydrogen-bond donors (Lipinski definition) is 0. The number of carbonyl (C=O) groups excluding carboxylic acids is 1. The largest absolute Gasteiger partial charge is 0.370 e. The molecule has 2 aromatic rings. The quantitative estimate of drug-likeness (QED) is 0.856. The van der Waals surface area contributed by atoms with Gasteiger partial charge in [-0.25, -0.2) is 0 Å². The fourth-order valence-corrected chi connectivity index (χ4v) is 4.10. The number of amides is 1. The van der Waals surface area contributed by atoms with Crippen LogP contribution in [0.2, 0.25) is 0 Å². The molecular formula is C18H20N2O3S. The predicted octanol–water partition coefficient (Wildman–Crippen LogP) is 2.73. The molecule has 0 bridgehead atoms. The molecule has 5 nitrogen and oxygen atoms in total. The van der Waals surface area contributed by atoms with E-state index in [1.807, 2.05) is 39.9 Å². The second kappa shape index (κ2) is 6.63. The van der Waals surface area contributed by atoms with Gasteiger partial charge < -0.3 is 14.4 Å². The molecule has 0 aliphatic carbocycles. The summed E-state index contributed by atoms with van der Waals surface area (Å²) in [7, 11) is 0. The Balaban J connectivity index is 1.32. The van der Waals surface area contributed by atoms with Gasteiger partial charge in [-0.2, -0.15) is 11.3 Å². The second-order valence-electron chi connectivity index (χ2n) is 6.44. The van der Waals surface area contributed by atoms with Gasteiger partial charge in [0.2, 0.25) is 0 Å². The minimum absolute atomic E-state index is 0.0724. The van der Waals surface area contributed by atoms with E-state index < -0.39 is 0 Å². The molecule has 2 atom stereocenters. The van der Waals surface area contributed by atoms with Gasteiger partial charge >= 0.3 is 0 Å². The molecule has 0 N–H and O–H groups in total. The molecule has 4 rings (SSSR count). The number of pyridine rings is 1. The zero-order valence-electron chi connectivity index (χ0n) is 13.4. The molecule has 1 spiro atoms. The number of aromatic nitrogens is 1. The van der Waals surface area contributed by atoms with E-state index in [4.69, 9.17) is 9.47 Å². The van der Waals surface area contributed by atoms with Crippen LogP contribution in [0.5, 0.6) is 0 Å². The minimum atomic E-state index is -0.236. The van der Waals surface area contributed by atoms with Gasteiger partial charge in [0, 0.05) is 24.5 Å². The van der Waals surface area contributed by atoms with Gasteiger partial charge in [0.05, 0.1) is 42.7 Å². The monoisotopic (exact) mass is 344 g/mol. The van der Waals surface area contributed by atoms with Gasteiger partial charge in [0.1, 0.15) is 0 Å². The fourth-order valence-electron chi connectivity index (χ4n) is 3.47. The molecular weight excluding hydrogens is 324 g/mol. The third-order valence-electron chi connectivity index (χ3n) is 4.74. The van der Waals surface area contributed by atoms with E-state index in [-0.39, 0.29) is 17.6 Å². The van der Waals surface area contributed by atoms with Gasteiger partial charge in [-0.3, -0.25) is 9.78 Å². The molecule has 2 saturated heterocycles. The predicted molar refractivity (Wildman–Crippen MR) is 91.0 cm³/mol. The first-order chi connectivity index (χ1) is 11.7. The third kappa shape index (κ3) is 3.22. The molecule has 0 aromatic carbocycles. The van der Waals surface area contributed by atoms with Crippen molar-refractivity contribution in [3.63, 3.8) is 0 Å². The standard InChI is InChI=1S/C18H20N2O3S/c21-17(14-4-8-24-12-14)20-7-5-18(13-20)9-16(11-23-18)22-10-15-3-1-2-6-19-15/h1-4,6,8,12,16H,5,7,9-11,13H2/t16-,18-/m0/s1. The maximum absolute atomic E-state index is 12.5. The summed E-state index contributed by atoms with van der Waals surface area (Å²) < 4.78 is 12.0. The highest BCUT2D eigenvalue weighted by atomic mass is 32.1.